The van der Waals surface area contributed by atoms with E-state index in [9.17, 15) is 9.59 Å². The molecule has 0 bridgehead atoms. The third-order valence-electron chi connectivity index (χ3n) is 3.24. The minimum absolute atomic E-state index is 0.248. The van der Waals surface area contributed by atoms with Crippen LogP contribution in [-0.2, 0) is 15.9 Å². The molecular weight excluding hydrogens is 302 g/mol. The first-order valence-corrected chi connectivity index (χ1v) is 8.34. The van der Waals surface area contributed by atoms with Crippen molar-refractivity contribution in [3.63, 3.8) is 0 Å². The minimum atomic E-state index is -0.454. The molecule has 0 aliphatic carbocycles. The molecule has 0 atom stereocenters. The lowest BCUT2D eigenvalue weighted by molar-refractivity contribution is -0.000783. The molecule has 0 saturated carbocycles. The van der Waals surface area contributed by atoms with Gasteiger partial charge in [0.1, 0.15) is 10.5 Å². The molecule has 1 fully saturated rings. The second-order valence-corrected chi connectivity index (χ2v) is 7.61. The Morgan fingerprint density at radius 2 is 2.00 bits per heavy atom. The zero-order valence-corrected chi connectivity index (χ0v) is 14.4. The fraction of sp³-hybridized carbons (Fsp3) is 0.625. The van der Waals surface area contributed by atoms with Crippen LogP contribution in [0.25, 0.3) is 0 Å². The number of nitrogens with zero attached hydrogens (tertiary/aromatic N) is 1. The average molecular weight is 325 g/mol. The van der Waals surface area contributed by atoms with E-state index in [1.807, 2.05) is 32.9 Å². The van der Waals surface area contributed by atoms with Crippen LogP contribution in [-0.4, -0.2) is 42.3 Å². The Hall–Kier alpha value is -1.56. The molecule has 1 aromatic rings. The van der Waals surface area contributed by atoms with Crippen LogP contribution in [0.1, 0.15) is 42.2 Å². The van der Waals surface area contributed by atoms with E-state index in [1.54, 1.807) is 11.8 Å². The molecule has 2 rings (SSSR count). The second-order valence-electron chi connectivity index (χ2n) is 6.44. The summed E-state index contributed by atoms with van der Waals surface area (Å²) in [6.07, 6.45) is 0.630. The highest BCUT2D eigenvalue weighted by molar-refractivity contribution is 7.13. The van der Waals surface area contributed by atoms with Gasteiger partial charge in [0.05, 0.1) is 6.61 Å². The first kappa shape index (κ1) is 16.8. The molecular formula is C16H23NO4S. The Balaban J connectivity index is 1.78. The number of carbonyl (C=O) groups is 2. The number of hydrogen-bond donors (Lipinski definition) is 0. The van der Waals surface area contributed by atoms with Gasteiger partial charge in [0.15, 0.2) is 0 Å². The molecule has 0 radical (unpaired) electrons. The second kappa shape index (κ2) is 6.69. The van der Waals surface area contributed by atoms with Crippen molar-refractivity contribution < 1.29 is 19.1 Å². The molecule has 1 aliphatic heterocycles. The molecule has 0 unspecified atom stereocenters. The molecule has 0 spiro atoms. The Morgan fingerprint density at radius 1 is 1.32 bits per heavy atom. The zero-order chi connectivity index (χ0) is 16.3. The van der Waals surface area contributed by atoms with Crippen LogP contribution < -0.4 is 0 Å². The van der Waals surface area contributed by atoms with Crippen molar-refractivity contribution in [2.75, 3.05) is 19.7 Å². The summed E-state index contributed by atoms with van der Waals surface area (Å²) in [5, 5.41) is 0. The number of amides is 1. The Bertz CT molecular complexity index is 541. The van der Waals surface area contributed by atoms with Gasteiger partial charge >= 0.3 is 12.1 Å². The Kier molecular flexibility index (Phi) is 5.11. The summed E-state index contributed by atoms with van der Waals surface area (Å²) in [4.78, 5) is 27.0. The predicted molar refractivity (Wildman–Crippen MR) is 85.3 cm³/mol. The van der Waals surface area contributed by atoms with Gasteiger partial charge in [-0.1, -0.05) is 0 Å². The van der Waals surface area contributed by atoms with Gasteiger partial charge in [-0.05, 0) is 52.2 Å². The largest absolute Gasteiger partial charge is 0.462 e. The monoisotopic (exact) mass is 325 g/mol. The summed E-state index contributed by atoms with van der Waals surface area (Å²) in [5.41, 5.74) is -0.454. The fourth-order valence-corrected chi connectivity index (χ4v) is 3.27. The van der Waals surface area contributed by atoms with Crippen molar-refractivity contribution in [3.8, 4) is 0 Å². The SMILES string of the molecule is CCOC(=O)c1ccc(CC2CN(C(=O)OC(C)(C)C)C2)s1. The van der Waals surface area contributed by atoms with E-state index in [2.05, 4.69) is 0 Å². The van der Waals surface area contributed by atoms with Crippen LogP contribution >= 0.6 is 11.3 Å². The summed E-state index contributed by atoms with van der Waals surface area (Å²) in [5.74, 6) is 0.170. The normalized spacial score (nSPS) is 15.4. The number of esters is 1. The minimum Gasteiger partial charge on any atom is -0.462 e. The molecule has 122 valence electrons. The number of ether oxygens (including phenoxy) is 2. The first-order chi connectivity index (χ1) is 10.3. The molecule has 5 nitrogen and oxygen atoms in total. The molecule has 22 heavy (non-hydrogen) atoms. The molecule has 2 heterocycles. The standard InChI is InChI=1S/C16H23NO4S/c1-5-20-14(18)13-7-6-12(22-13)8-11-9-17(10-11)15(19)21-16(2,3)4/h6-7,11H,5,8-10H2,1-4H3. The van der Waals surface area contributed by atoms with Gasteiger partial charge in [0.25, 0.3) is 0 Å². The lowest BCUT2D eigenvalue weighted by Crippen LogP contribution is -2.52. The van der Waals surface area contributed by atoms with E-state index in [1.165, 1.54) is 11.3 Å². The Morgan fingerprint density at radius 3 is 2.59 bits per heavy atom. The zero-order valence-electron chi connectivity index (χ0n) is 13.5. The molecule has 0 aromatic carbocycles. The van der Waals surface area contributed by atoms with Gasteiger partial charge in [-0.3, -0.25) is 0 Å². The molecule has 1 aromatic heterocycles. The van der Waals surface area contributed by atoms with E-state index in [4.69, 9.17) is 9.47 Å². The maximum absolute atomic E-state index is 11.8. The van der Waals surface area contributed by atoms with Crippen molar-refractivity contribution in [1.29, 1.82) is 0 Å². The summed E-state index contributed by atoms with van der Waals surface area (Å²) in [6.45, 7) is 9.20. The van der Waals surface area contributed by atoms with Crippen LogP contribution in [0.2, 0.25) is 0 Å². The highest BCUT2D eigenvalue weighted by atomic mass is 32.1. The van der Waals surface area contributed by atoms with Crippen LogP contribution in [0.3, 0.4) is 0 Å². The summed E-state index contributed by atoms with van der Waals surface area (Å²) < 4.78 is 10.3. The van der Waals surface area contributed by atoms with Gasteiger partial charge in [0.2, 0.25) is 0 Å². The molecule has 0 N–H and O–H groups in total. The highest BCUT2D eigenvalue weighted by Gasteiger charge is 2.33. The van der Waals surface area contributed by atoms with E-state index >= 15 is 0 Å². The fourth-order valence-electron chi connectivity index (χ4n) is 2.26. The van der Waals surface area contributed by atoms with Crippen LogP contribution in [0.4, 0.5) is 4.79 Å². The third-order valence-corrected chi connectivity index (χ3v) is 4.32. The van der Waals surface area contributed by atoms with Crippen LogP contribution in [0, 0.1) is 5.92 Å². The lowest BCUT2D eigenvalue weighted by Gasteiger charge is -2.39. The number of carbonyl (C=O) groups excluding carboxylic acids is 2. The number of hydrogen-bond acceptors (Lipinski definition) is 5. The van der Waals surface area contributed by atoms with E-state index in [0.29, 0.717) is 30.5 Å². The van der Waals surface area contributed by atoms with E-state index in [0.717, 1.165) is 11.3 Å². The van der Waals surface area contributed by atoms with Crippen molar-refractivity contribution in [1.82, 2.24) is 4.90 Å². The lowest BCUT2D eigenvalue weighted by atomic mass is 9.96. The van der Waals surface area contributed by atoms with E-state index in [-0.39, 0.29) is 12.1 Å². The maximum atomic E-state index is 11.8. The maximum Gasteiger partial charge on any atom is 0.410 e. The van der Waals surface area contributed by atoms with Gasteiger partial charge in [-0.15, -0.1) is 11.3 Å². The highest BCUT2D eigenvalue weighted by Crippen LogP contribution is 2.26. The van der Waals surface area contributed by atoms with Gasteiger partial charge in [-0.25, -0.2) is 9.59 Å². The smallest absolute Gasteiger partial charge is 0.410 e. The van der Waals surface area contributed by atoms with Gasteiger partial charge < -0.3 is 14.4 Å². The van der Waals surface area contributed by atoms with Gasteiger partial charge in [-0.2, -0.15) is 0 Å². The van der Waals surface area contributed by atoms with Crippen molar-refractivity contribution in [3.05, 3.63) is 21.9 Å². The summed E-state index contributed by atoms with van der Waals surface area (Å²) in [6, 6.07) is 3.77. The van der Waals surface area contributed by atoms with Crippen LogP contribution in [0.15, 0.2) is 12.1 Å². The molecule has 1 aliphatic rings. The topological polar surface area (TPSA) is 55.8 Å². The van der Waals surface area contributed by atoms with E-state index < -0.39 is 5.60 Å². The third kappa shape index (κ3) is 4.47. The number of likely N-dealkylation sites (tertiary alicyclic amines) is 1. The van der Waals surface area contributed by atoms with Crippen LogP contribution in [0.5, 0.6) is 0 Å². The number of thiophene rings is 1. The quantitative estimate of drug-likeness (QED) is 0.797. The summed E-state index contributed by atoms with van der Waals surface area (Å²) in [7, 11) is 0. The van der Waals surface area contributed by atoms with Crippen molar-refractivity contribution in [2.24, 2.45) is 5.92 Å². The number of rotatable bonds is 4. The summed E-state index contributed by atoms with van der Waals surface area (Å²) >= 11 is 1.47. The molecule has 6 heteroatoms. The van der Waals surface area contributed by atoms with Crippen molar-refractivity contribution >= 4 is 23.4 Å². The van der Waals surface area contributed by atoms with Gasteiger partial charge in [0, 0.05) is 18.0 Å². The predicted octanol–water partition coefficient (Wildman–Crippen LogP) is 3.33. The van der Waals surface area contributed by atoms with Crippen molar-refractivity contribution in [2.45, 2.75) is 39.7 Å². The Labute approximate surface area is 135 Å². The first-order valence-electron chi connectivity index (χ1n) is 7.52. The molecule has 1 amide bonds. The molecule has 1 saturated heterocycles. The average Bonchev–Trinajstić information content (AvgIpc) is 2.79.